The molecule has 0 bridgehead atoms. The van der Waals surface area contributed by atoms with E-state index < -0.39 is 5.97 Å². The summed E-state index contributed by atoms with van der Waals surface area (Å²) in [6, 6.07) is 0. The number of nitrogens with zero attached hydrogens (tertiary/aromatic N) is 2. The second-order valence-corrected chi connectivity index (χ2v) is 7.83. The SMILES string of the molecule is Cc1c(C)[n+](CCCCCCCCCCC(=O)O)cn1CCC(C)C. The van der Waals surface area contributed by atoms with E-state index in [0.717, 1.165) is 31.8 Å². The van der Waals surface area contributed by atoms with Crippen molar-refractivity contribution in [1.29, 1.82) is 0 Å². The van der Waals surface area contributed by atoms with Crippen molar-refractivity contribution in [3.63, 3.8) is 0 Å². The van der Waals surface area contributed by atoms with Gasteiger partial charge in [0.2, 0.25) is 6.33 Å². The molecule has 0 amide bonds. The van der Waals surface area contributed by atoms with E-state index in [0.29, 0.717) is 6.42 Å². The normalized spacial score (nSPS) is 11.4. The van der Waals surface area contributed by atoms with E-state index in [1.807, 2.05) is 0 Å². The Morgan fingerprint density at radius 3 is 2.16 bits per heavy atom. The van der Waals surface area contributed by atoms with Crippen molar-refractivity contribution < 1.29 is 14.5 Å². The van der Waals surface area contributed by atoms with Gasteiger partial charge >= 0.3 is 5.97 Å². The largest absolute Gasteiger partial charge is 0.481 e. The van der Waals surface area contributed by atoms with E-state index in [4.69, 9.17) is 5.11 Å². The Balaban J connectivity index is 2.13. The van der Waals surface area contributed by atoms with Gasteiger partial charge in [-0.2, -0.15) is 0 Å². The summed E-state index contributed by atoms with van der Waals surface area (Å²) >= 11 is 0. The molecule has 0 radical (unpaired) electrons. The second-order valence-electron chi connectivity index (χ2n) is 7.83. The molecule has 0 atom stereocenters. The summed E-state index contributed by atoms with van der Waals surface area (Å²) in [5.41, 5.74) is 2.81. The zero-order valence-electron chi connectivity index (χ0n) is 16.9. The van der Waals surface area contributed by atoms with E-state index in [1.54, 1.807) is 0 Å². The minimum Gasteiger partial charge on any atom is -0.481 e. The number of unbranched alkanes of at least 4 members (excludes halogenated alkanes) is 7. The molecule has 0 fully saturated rings. The molecule has 1 aromatic heterocycles. The van der Waals surface area contributed by atoms with Crippen molar-refractivity contribution in [3.8, 4) is 0 Å². The third-order valence-corrected chi connectivity index (χ3v) is 5.15. The summed E-state index contributed by atoms with van der Waals surface area (Å²) in [6.07, 6.45) is 13.3. The number of hydrogen-bond donors (Lipinski definition) is 1. The Morgan fingerprint density at radius 1 is 1.04 bits per heavy atom. The second kappa shape index (κ2) is 12.1. The van der Waals surface area contributed by atoms with Crippen LogP contribution < -0.4 is 4.57 Å². The van der Waals surface area contributed by atoms with Crippen LogP contribution in [0.4, 0.5) is 0 Å². The number of aryl methyl sites for hydroxylation is 2. The summed E-state index contributed by atoms with van der Waals surface area (Å²) in [5.74, 6) is 0.0840. The van der Waals surface area contributed by atoms with Crippen LogP contribution in [0.5, 0.6) is 0 Å². The van der Waals surface area contributed by atoms with Crippen LogP contribution in [-0.2, 0) is 17.9 Å². The maximum absolute atomic E-state index is 10.4. The minimum atomic E-state index is -0.666. The molecular formula is C21H39N2O2+. The topological polar surface area (TPSA) is 46.1 Å². The lowest BCUT2D eigenvalue weighted by Gasteiger charge is -2.02. The summed E-state index contributed by atoms with van der Waals surface area (Å²) in [5, 5.41) is 8.60. The maximum Gasteiger partial charge on any atom is 0.303 e. The van der Waals surface area contributed by atoms with Crippen LogP contribution in [0.3, 0.4) is 0 Å². The van der Waals surface area contributed by atoms with E-state index in [2.05, 4.69) is 43.2 Å². The number of carboxylic acid groups (broad SMARTS) is 1. The molecular weight excluding hydrogens is 312 g/mol. The van der Waals surface area contributed by atoms with Crippen molar-refractivity contribution in [3.05, 3.63) is 17.7 Å². The number of rotatable bonds is 14. The van der Waals surface area contributed by atoms with Crippen LogP contribution in [-0.4, -0.2) is 15.6 Å². The summed E-state index contributed by atoms with van der Waals surface area (Å²) < 4.78 is 4.83. The molecule has 0 aromatic carbocycles. The predicted molar refractivity (Wildman–Crippen MR) is 103 cm³/mol. The Hall–Kier alpha value is -1.32. The zero-order chi connectivity index (χ0) is 18.7. The highest BCUT2D eigenvalue weighted by molar-refractivity contribution is 5.66. The highest BCUT2D eigenvalue weighted by atomic mass is 16.4. The maximum atomic E-state index is 10.4. The molecule has 0 aliphatic heterocycles. The Labute approximate surface area is 154 Å². The smallest absolute Gasteiger partial charge is 0.303 e. The molecule has 1 aromatic rings. The fourth-order valence-corrected chi connectivity index (χ4v) is 3.22. The van der Waals surface area contributed by atoms with Gasteiger partial charge in [-0.25, -0.2) is 9.13 Å². The highest BCUT2D eigenvalue weighted by Gasteiger charge is 2.15. The first-order valence-corrected chi connectivity index (χ1v) is 10.2. The number of hydrogen-bond acceptors (Lipinski definition) is 1. The molecule has 0 unspecified atom stereocenters. The zero-order valence-corrected chi connectivity index (χ0v) is 16.9. The molecule has 0 aliphatic rings. The minimum absolute atomic E-state index is 0.326. The van der Waals surface area contributed by atoms with Crippen molar-refractivity contribution in [2.75, 3.05) is 0 Å². The van der Waals surface area contributed by atoms with E-state index in [9.17, 15) is 4.79 Å². The number of imidazole rings is 1. The van der Waals surface area contributed by atoms with Gasteiger partial charge in [0.1, 0.15) is 11.4 Å². The Morgan fingerprint density at radius 2 is 1.60 bits per heavy atom. The molecule has 0 aliphatic carbocycles. The lowest BCUT2D eigenvalue weighted by molar-refractivity contribution is -0.702. The van der Waals surface area contributed by atoms with Crippen molar-refractivity contribution in [1.82, 2.24) is 4.57 Å². The first-order valence-electron chi connectivity index (χ1n) is 10.2. The van der Waals surface area contributed by atoms with Crippen molar-refractivity contribution in [2.24, 2.45) is 5.92 Å². The molecule has 0 saturated heterocycles. The average molecular weight is 352 g/mol. The van der Waals surface area contributed by atoms with E-state index in [-0.39, 0.29) is 0 Å². The van der Waals surface area contributed by atoms with Crippen LogP contribution in [0.15, 0.2) is 6.33 Å². The molecule has 4 nitrogen and oxygen atoms in total. The van der Waals surface area contributed by atoms with Gasteiger partial charge in [0, 0.05) is 20.3 Å². The van der Waals surface area contributed by atoms with Crippen LogP contribution in [0.25, 0.3) is 0 Å². The monoisotopic (exact) mass is 351 g/mol. The van der Waals surface area contributed by atoms with Crippen LogP contribution in [0.2, 0.25) is 0 Å². The predicted octanol–water partition coefficient (Wildman–Crippen LogP) is 5.03. The van der Waals surface area contributed by atoms with Gasteiger partial charge in [-0.3, -0.25) is 4.79 Å². The quantitative estimate of drug-likeness (QED) is 0.377. The molecule has 0 saturated carbocycles. The molecule has 25 heavy (non-hydrogen) atoms. The molecule has 1 N–H and O–H groups in total. The van der Waals surface area contributed by atoms with Crippen LogP contribution in [0, 0.1) is 19.8 Å². The van der Waals surface area contributed by atoms with E-state index >= 15 is 0 Å². The Kier molecular flexibility index (Phi) is 10.5. The van der Waals surface area contributed by atoms with Crippen LogP contribution >= 0.6 is 0 Å². The lowest BCUT2D eigenvalue weighted by Crippen LogP contribution is -2.34. The standard InChI is InChI=1S/C21H38N2O2/c1-18(2)14-16-23-17-22(19(3)20(23)4)15-12-10-8-6-5-7-9-11-13-21(24)25/h17-18H,5-16H2,1-4H3/p+1. The number of aromatic nitrogens is 2. The molecule has 0 spiro atoms. The number of carboxylic acids is 1. The van der Waals surface area contributed by atoms with Gasteiger partial charge in [0.15, 0.2) is 0 Å². The molecule has 4 heteroatoms. The summed E-state index contributed by atoms with van der Waals surface area (Å²) in [6.45, 7) is 11.3. The fourth-order valence-electron chi connectivity index (χ4n) is 3.22. The first kappa shape index (κ1) is 21.7. The lowest BCUT2D eigenvalue weighted by atomic mass is 10.1. The first-order chi connectivity index (χ1) is 11.9. The average Bonchev–Trinajstić information content (AvgIpc) is 2.82. The van der Waals surface area contributed by atoms with Crippen molar-refractivity contribution in [2.45, 2.75) is 105 Å². The van der Waals surface area contributed by atoms with Crippen LogP contribution in [0.1, 0.15) is 89.4 Å². The molecule has 1 heterocycles. The van der Waals surface area contributed by atoms with Gasteiger partial charge in [-0.05, 0) is 31.6 Å². The highest BCUT2D eigenvalue weighted by Crippen LogP contribution is 2.11. The molecule has 144 valence electrons. The third kappa shape index (κ3) is 9.08. The molecule has 1 rings (SSSR count). The van der Waals surface area contributed by atoms with Gasteiger partial charge in [-0.1, -0.05) is 46.0 Å². The van der Waals surface area contributed by atoms with E-state index in [1.165, 1.54) is 56.3 Å². The third-order valence-electron chi connectivity index (χ3n) is 5.15. The number of carbonyl (C=O) groups is 1. The number of aliphatic carboxylic acids is 1. The van der Waals surface area contributed by atoms with Gasteiger partial charge in [-0.15, -0.1) is 0 Å². The van der Waals surface area contributed by atoms with Gasteiger partial charge < -0.3 is 5.11 Å². The van der Waals surface area contributed by atoms with Gasteiger partial charge in [0.05, 0.1) is 13.1 Å². The van der Waals surface area contributed by atoms with Gasteiger partial charge in [0.25, 0.3) is 0 Å². The summed E-state index contributed by atoms with van der Waals surface area (Å²) in [4.78, 5) is 10.4. The Bertz CT molecular complexity index is 506. The van der Waals surface area contributed by atoms with Crippen molar-refractivity contribution >= 4 is 5.97 Å². The fraction of sp³-hybridized carbons (Fsp3) is 0.810. The summed E-state index contributed by atoms with van der Waals surface area (Å²) in [7, 11) is 0.